The van der Waals surface area contributed by atoms with Gasteiger partial charge < -0.3 is 14.1 Å². The molecule has 0 unspecified atom stereocenters. The Bertz CT molecular complexity index is 795. The summed E-state index contributed by atoms with van der Waals surface area (Å²) in [7, 11) is 1.64. The minimum absolute atomic E-state index is 0.113. The van der Waals surface area contributed by atoms with Crippen LogP contribution in [0.25, 0.3) is 0 Å². The predicted molar refractivity (Wildman–Crippen MR) is 106 cm³/mol. The lowest BCUT2D eigenvalue weighted by molar-refractivity contribution is -0.132. The van der Waals surface area contributed by atoms with Crippen molar-refractivity contribution in [3.63, 3.8) is 0 Å². The molecular weight excluding hydrogens is 414 g/mol. The number of thiophene rings is 1. The van der Waals surface area contributed by atoms with Gasteiger partial charge >= 0.3 is 0 Å². The lowest BCUT2D eigenvalue weighted by atomic mass is 10.1. The molecular formula is C20H20BrNO3S. The van der Waals surface area contributed by atoms with Crippen LogP contribution in [0.5, 0.6) is 5.75 Å². The number of furan rings is 1. The van der Waals surface area contributed by atoms with Crippen molar-refractivity contribution in [2.24, 2.45) is 0 Å². The maximum absolute atomic E-state index is 12.8. The average molecular weight is 434 g/mol. The quantitative estimate of drug-likeness (QED) is 0.485. The topological polar surface area (TPSA) is 42.7 Å². The van der Waals surface area contributed by atoms with Crippen molar-refractivity contribution in [1.82, 2.24) is 4.90 Å². The van der Waals surface area contributed by atoms with Crippen LogP contribution in [0.15, 0.2) is 63.0 Å². The van der Waals surface area contributed by atoms with Crippen LogP contribution in [0.4, 0.5) is 0 Å². The second-order valence-electron chi connectivity index (χ2n) is 5.88. The monoisotopic (exact) mass is 433 g/mol. The Labute approximate surface area is 165 Å². The summed E-state index contributed by atoms with van der Waals surface area (Å²) in [5.74, 6) is 1.70. The number of ether oxygens (including phenoxy) is 1. The number of halogens is 1. The van der Waals surface area contributed by atoms with E-state index >= 15 is 0 Å². The van der Waals surface area contributed by atoms with Crippen molar-refractivity contribution in [2.75, 3.05) is 7.11 Å². The maximum Gasteiger partial charge on any atom is 0.223 e. The van der Waals surface area contributed by atoms with Gasteiger partial charge in [-0.15, -0.1) is 11.3 Å². The van der Waals surface area contributed by atoms with Crippen molar-refractivity contribution in [2.45, 2.75) is 25.9 Å². The molecule has 4 nitrogen and oxygen atoms in total. The van der Waals surface area contributed by atoms with E-state index in [2.05, 4.69) is 15.9 Å². The molecule has 0 saturated carbocycles. The van der Waals surface area contributed by atoms with Crippen molar-refractivity contribution in [3.8, 4) is 5.75 Å². The van der Waals surface area contributed by atoms with Gasteiger partial charge in [0.15, 0.2) is 0 Å². The number of aryl methyl sites for hydroxylation is 1. The Morgan fingerprint density at radius 3 is 2.77 bits per heavy atom. The summed E-state index contributed by atoms with van der Waals surface area (Å²) in [4.78, 5) is 15.8. The summed E-state index contributed by atoms with van der Waals surface area (Å²) in [5.41, 5.74) is 1.10. The van der Waals surface area contributed by atoms with Crippen LogP contribution in [0.3, 0.4) is 0 Å². The summed E-state index contributed by atoms with van der Waals surface area (Å²) in [5, 5.41) is 2.03. The third-order valence-corrected chi connectivity index (χ3v) is 5.53. The molecule has 0 spiro atoms. The summed E-state index contributed by atoms with van der Waals surface area (Å²) >= 11 is 5.15. The first-order valence-electron chi connectivity index (χ1n) is 8.30. The molecule has 1 aromatic carbocycles. The van der Waals surface area contributed by atoms with Gasteiger partial charge in [-0.1, -0.05) is 12.1 Å². The molecule has 0 atom stereocenters. The Morgan fingerprint density at radius 2 is 2.12 bits per heavy atom. The Hall–Kier alpha value is -2.05. The molecule has 0 radical (unpaired) electrons. The molecule has 0 aliphatic heterocycles. The average Bonchev–Trinajstić information content (AvgIpc) is 3.33. The summed E-state index contributed by atoms with van der Waals surface area (Å²) in [6, 6.07) is 13.7. The van der Waals surface area contributed by atoms with E-state index in [9.17, 15) is 4.79 Å². The van der Waals surface area contributed by atoms with Crippen molar-refractivity contribution in [1.29, 1.82) is 0 Å². The van der Waals surface area contributed by atoms with E-state index in [1.54, 1.807) is 24.7 Å². The number of carbonyl (C=O) groups excluding carboxylic acids is 1. The number of hydrogen-bond donors (Lipinski definition) is 0. The fourth-order valence-corrected chi connectivity index (χ4v) is 4.00. The van der Waals surface area contributed by atoms with Gasteiger partial charge in [0.05, 0.1) is 30.9 Å². The van der Waals surface area contributed by atoms with Gasteiger partial charge in [0.1, 0.15) is 11.5 Å². The van der Waals surface area contributed by atoms with Crippen LogP contribution in [0.1, 0.15) is 22.6 Å². The minimum atomic E-state index is 0.113. The zero-order chi connectivity index (χ0) is 18.4. The smallest absolute Gasteiger partial charge is 0.223 e. The second kappa shape index (κ2) is 9.05. The van der Waals surface area contributed by atoms with Crippen LogP contribution in [-0.4, -0.2) is 17.9 Å². The molecule has 0 saturated heterocycles. The highest BCUT2D eigenvalue weighted by Crippen LogP contribution is 2.26. The molecule has 2 heterocycles. The SMILES string of the molecule is COc1ccc(CCC(=O)N(Cc2ccco2)Cc2cccs2)cc1Br. The van der Waals surface area contributed by atoms with E-state index in [1.165, 1.54) is 0 Å². The fraction of sp³-hybridized carbons (Fsp3) is 0.250. The summed E-state index contributed by atoms with van der Waals surface area (Å²) < 4.78 is 11.6. The third-order valence-electron chi connectivity index (χ3n) is 4.05. The van der Waals surface area contributed by atoms with Crippen molar-refractivity contribution < 1.29 is 13.9 Å². The van der Waals surface area contributed by atoms with Gasteiger partial charge in [-0.2, -0.15) is 0 Å². The summed E-state index contributed by atoms with van der Waals surface area (Å²) in [6.07, 6.45) is 2.77. The summed E-state index contributed by atoms with van der Waals surface area (Å²) in [6.45, 7) is 1.08. The highest BCUT2D eigenvalue weighted by atomic mass is 79.9. The molecule has 3 aromatic rings. The standard InChI is InChI=1S/C20H20BrNO3S/c1-24-19-8-6-15(12-18(19)21)7-9-20(23)22(13-16-4-2-10-25-16)14-17-5-3-11-26-17/h2-6,8,10-12H,7,9,13-14H2,1H3. The highest BCUT2D eigenvalue weighted by Gasteiger charge is 2.16. The normalized spacial score (nSPS) is 10.7. The number of methoxy groups -OCH3 is 1. The molecule has 0 aliphatic carbocycles. The molecule has 2 aromatic heterocycles. The van der Waals surface area contributed by atoms with E-state index in [0.29, 0.717) is 25.9 Å². The van der Waals surface area contributed by atoms with Crippen LogP contribution >= 0.6 is 27.3 Å². The van der Waals surface area contributed by atoms with Gasteiger partial charge in [-0.3, -0.25) is 4.79 Å². The largest absolute Gasteiger partial charge is 0.496 e. The molecule has 3 rings (SSSR count). The Morgan fingerprint density at radius 1 is 1.23 bits per heavy atom. The zero-order valence-corrected chi connectivity index (χ0v) is 16.9. The maximum atomic E-state index is 12.8. The van der Waals surface area contributed by atoms with E-state index in [4.69, 9.17) is 9.15 Å². The number of rotatable bonds is 8. The van der Waals surface area contributed by atoms with Gasteiger partial charge in [-0.25, -0.2) is 0 Å². The van der Waals surface area contributed by atoms with Crippen molar-refractivity contribution in [3.05, 3.63) is 74.8 Å². The van der Waals surface area contributed by atoms with Crippen LogP contribution < -0.4 is 4.74 Å². The lowest BCUT2D eigenvalue weighted by Gasteiger charge is -2.21. The van der Waals surface area contributed by atoms with Crippen LogP contribution in [-0.2, 0) is 24.3 Å². The predicted octanol–water partition coefficient (Wildman–Crippen LogP) is 5.27. The van der Waals surface area contributed by atoms with E-state index in [1.807, 2.05) is 52.7 Å². The molecule has 1 amide bonds. The number of carbonyl (C=O) groups is 1. The van der Waals surface area contributed by atoms with Crippen LogP contribution in [0.2, 0.25) is 0 Å². The number of nitrogens with zero attached hydrogens (tertiary/aromatic N) is 1. The van der Waals surface area contributed by atoms with E-state index in [0.717, 1.165) is 26.4 Å². The number of benzene rings is 1. The molecule has 0 N–H and O–H groups in total. The van der Waals surface area contributed by atoms with Gasteiger partial charge in [0.2, 0.25) is 5.91 Å². The molecule has 136 valence electrons. The first kappa shape index (κ1) is 18.7. The molecule has 26 heavy (non-hydrogen) atoms. The van der Waals surface area contributed by atoms with E-state index < -0.39 is 0 Å². The fourth-order valence-electron chi connectivity index (χ4n) is 2.69. The van der Waals surface area contributed by atoms with Crippen LogP contribution in [0, 0.1) is 0 Å². The molecule has 6 heteroatoms. The second-order valence-corrected chi connectivity index (χ2v) is 7.76. The zero-order valence-electron chi connectivity index (χ0n) is 14.5. The van der Waals surface area contributed by atoms with Gasteiger partial charge in [-0.05, 0) is 63.6 Å². The number of hydrogen-bond acceptors (Lipinski definition) is 4. The molecule has 0 aliphatic rings. The van der Waals surface area contributed by atoms with Gasteiger partial charge in [0, 0.05) is 11.3 Å². The lowest BCUT2D eigenvalue weighted by Crippen LogP contribution is -2.29. The van der Waals surface area contributed by atoms with Gasteiger partial charge in [0.25, 0.3) is 0 Å². The minimum Gasteiger partial charge on any atom is -0.496 e. The van der Waals surface area contributed by atoms with E-state index in [-0.39, 0.29) is 5.91 Å². The first-order chi connectivity index (χ1) is 12.7. The Balaban J connectivity index is 1.65. The third kappa shape index (κ3) is 4.99. The Kier molecular flexibility index (Phi) is 6.52. The number of amides is 1. The first-order valence-corrected chi connectivity index (χ1v) is 9.98. The molecule has 0 bridgehead atoms. The van der Waals surface area contributed by atoms with Crippen molar-refractivity contribution >= 4 is 33.2 Å². The highest BCUT2D eigenvalue weighted by molar-refractivity contribution is 9.10. The molecule has 0 fully saturated rings.